The van der Waals surface area contributed by atoms with E-state index in [1.165, 1.54) is 0 Å². The summed E-state index contributed by atoms with van der Waals surface area (Å²) in [4.78, 5) is 6.31. The molecule has 2 aliphatic rings. The van der Waals surface area contributed by atoms with Crippen LogP contribution in [-0.4, -0.2) is 49.7 Å². The number of fused-ring (bicyclic) bond motifs is 1. The van der Waals surface area contributed by atoms with E-state index in [2.05, 4.69) is 20.7 Å². The second-order valence-corrected chi connectivity index (χ2v) is 9.29. The van der Waals surface area contributed by atoms with Crippen molar-refractivity contribution >= 4 is 34.5 Å². The molecule has 1 saturated carbocycles. The molecule has 3 aromatic rings. The Labute approximate surface area is 200 Å². The smallest absolute Gasteiger partial charge is 0.180 e. The Morgan fingerprint density at radius 3 is 2.74 bits per heavy atom. The number of hydrogen-bond donors (Lipinski definition) is 3. The molecule has 1 aromatic carbocycles. The van der Waals surface area contributed by atoms with Gasteiger partial charge in [0.05, 0.1) is 24.9 Å². The lowest BCUT2D eigenvalue weighted by atomic mass is 9.93. The summed E-state index contributed by atoms with van der Waals surface area (Å²) in [6.07, 6.45) is 5.01. The van der Waals surface area contributed by atoms with Crippen LogP contribution in [0.25, 0.3) is 5.65 Å². The van der Waals surface area contributed by atoms with E-state index in [-0.39, 0.29) is 30.7 Å². The Balaban J connectivity index is 1.38. The molecular formula is C23H25F3N6OS. The molecular weight excluding hydrogens is 465 g/mol. The Morgan fingerprint density at radius 1 is 1.15 bits per heavy atom. The van der Waals surface area contributed by atoms with Crippen molar-refractivity contribution in [2.75, 3.05) is 16.8 Å². The van der Waals surface area contributed by atoms with Gasteiger partial charge in [0.15, 0.2) is 10.8 Å². The van der Waals surface area contributed by atoms with Crippen molar-refractivity contribution in [2.24, 2.45) is 0 Å². The van der Waals surface area contributed by atoms with Gasteiger partial charge in [-0.3, -0.25) is 0 Å². The van der Waals surface area contributed by atoms with E-state index < -0.39 is 23.8 Å². The fourth-order valence-electron chi connectivity index (χ4n) is 4.77. The monoisotopic (exact) mass is 490 g/mol. The molecule has 1 aliphatic heterocycles. The molecule has 180 valence electrons. The fraction of sp³-hybridized carbons (Fsp3) is 0.435. The number of hydrogen-bond acceptors (Lipinski definition) is 5. The first kappa shape index (κ1) is 22.9. The van der Waals surface area contributed by atoms with Crippen LogP contribution in [0.4, 0.5) is 24.7 Å². The van der Waals surface area contributed by atoms with Crippen molar-refractivity contribution in [2.45, 2.75) is 56.5 Å². The van der Waals surface area contributed by atoms with E-state index in [1.807, 2.05) is 0 Å². The fourth-order valence-corrected chi connectivity index (χ4v) is 5.05. The van der Waals surface area contributed by atoms with E-state index in [4.69, 9.17) is 12.2 Å². The number of nitrogens with zero attached hydrogens (tertiary/aromatic N) is 4. The standard InChI is InChI=1S/C23H25F3N6OS/c24-13-1-6-18(26)17(9-13)20-10-14(25)12-31(20)21-7-8-32-22(30-21)19(11-27-32)29-23(34)28-15-2-4-16(33)5-3-15/h1,6-9,11,14-16,20,33H,2-5,10,12H2,(H2,28,29,34)/t14-,15?,16?,20+/m0/s1. The van der Waals surface area contributed by atoms with Crippen molar-refractivity contribution in [1.82, 2.24) is 19.9 Å². The maximum absolute atomic E-state index is 14.5. The van der Waals surface area contributed by atoms with Crippen LogP contribution in [0.3, 0.4) is 0 Å². The Bertz CT molecular complexity index is 1200. The topological polar surface area (TPSA) is 77.7 Å². The van der Waals surface area contributed by atoms with Gasteiger partial charge in [0.2, 0.25) is 0 Å². The third-order valence-corrected chi connectivity index (χ3v) is 6.72. The van der Waals surface area contributed by atoms with Gasteiger partial charge in [-0.1, -0.05) is 0 Å². The average molecular weight is 491 g/mol. The molecule has 7 nitrogen and oxygen atoms in total. The second-order valence-electron chi connectivity index (χ2n) is 8.88. The minimum Gasteiger partial charge on any atom is -0.393 e. The van der Waals surface area contributed by atoms with Crippen LogP contribution in [0.15, 0.2) is 36.7 Å². The maximum atomic E-state index is 14.5. The van der Waals surface area contributed by atoms with Gasteiger partial charge in [0, 0.05) is 24.2 Å². The SMILES string of the molecule is OC1CCC(NC(=S)Nc2cnn3ccc(N4C[C@@H](F)C[C@@H]4c4cc(F)ccc4F)nc23)CC1. The molecule has 2 aromatic heterocycles. The predicted octanol–water partition coefficient (Wildman–Crippen LogP) is 3.89. The summed E-state index contributed by atoms with van der Waals surface area (Å²) < 4.78 is 44.3. The molecule has 5 rings (SSSR count). The molecule has 3 heterocycles. The molecule has 0 spiro atoms. The van der Waals surface area contributed by atoms with Gasteiger partial charge >= 0.3 is 0 Å². The third-order valence-electron chi connectivity index (χ3n) is 6.50. The second kappa shape index (κ2) is 9.38. The van der Waals surface area contributed by atoms with Crippen molar-refractivity contribution in [1.29, 1.82) is 0 Å². The Hall–Kier alpha value is -2.92. The van der Waals surface area contributed by atoms with Crippen molar-refractivity contribution in [3.05, 3.63) is 53.9 Å². The number of aromatic nitrogens is 3. The molecule has 2 fully saturated rings. The normalized spacial score (nSPS) is 25.0. The maximum Gasteiger partial charge on any atom is 0.180 e. The zero-order chi connectivity index (χ0) is 23.8. The van der Waals surface area contributed by atoms with Crippen LogP contribution in [0.1, 0.15) is 43.7 Å². The van der Waals surface area contributed by atoms with Gasteiger partial charge in [-0.05, 0) is 62.2 Å². The van der Waals surface area contributed by atoms with Crippen LogP contribution in [0.2, 0.25) is 0 Å². The number of nitrogens with one attached hydrogen (secondary N) is 2. The Morgan fingerprint density at radius 2 is 1.94 bits per heavy atom. The average Bonchev–Trinajstić information content (AvgIpc) is 3.40. The van der Waals surface area contributed by atoms with Crippen LogP contribution >= 0.6 is 12.2 Å². The molecule has 0 radical (unpaired) electrons. The zero-order valence-corrected chi connectivity index (χ0v) is 19.1. The lowest BCUT2D eigenvalue weighted by Crippen LogP contribution is -2.40. The van der Waals surface area contributed by atoms with Crippen molar-refractivity contribution in [3.63, 3.8) is 0 Å². The van der Waals surface area contributed by atoms with Crippen LogP contribution in [0, 0.1) is 11.6 Å². The molecule has 0 bridgehead atoms. The van der Waals surface area contributed by atoms with Gasteiger partial charge in [-0.15, -0.1) is 0 Å². The minimum absolute atomic E-state index is 0.0220. The molecule has 1 saturated heterocycles. The van der Waals surface area contributed by atoms with E-state index in [1.54, 1.807) is 27.9 Å². The summed E-state index contributed by atoms with van der Waals surface area (Å²) in [5.74, 6) is -0.715. The van der Waals surface area contributed by atoms with E-state index in [0.29, 0.717) is 22.3 Å². The Kier molecular flexibility index (Phi) is 6.30. The number of halogens is 3. The van der Waals surface area contributed by atoms with Gasteiger partial charge in [0.25, 0.3) is 0 Å². The lowest BCUT2D eigenvalue weighted by Gasteiger charge is -2.27. The van der Waals surface area contributed by atoms with Crippen molar-refractivity contribution in [3.8, 4) is 0 Å². The van der Waals surface area contributed by atoms with Gasteiger partial charge in [-0.25, -0.2) is 22.7 Å². The summed E-state index contributed by atoms with van der Waals surface area (Å²) in [5, 5.41) is 20.8. The molecule has 1 aliphatic carbocycles. The number of alkyl halides is 1. The quantitative estimate of drug-likeness (QED) is 0.479. The predicted molar refractivity (Wildman–Crippen MR) is 127 cm³/mol. The highest BCUT2D eigenvalue weighted by atomic mass is 32.1. The first-order chi connectivity index (χ1) is 16.4. The van der Waals surface area contributed by atoms with Crippen LogP contribution < -0.4 is 15.5 Å². The molecule has 2 atom stereocenters. The van der Waals surface area contributed by atoms with Gasteiger partial charge < -0.3 is 20.6 Å². The third kappa shape index (κ3) is 4.67. The summed E-state index contributed by atoms with van der Waals surface area (Å²) in [5.41, 5.74) is 1.15. The molecule has 34 heavy (non-hydrogen) atoms. The van der Waals surface area contributed by atoms with E-state index >= 15 is 0 Å². The van der Waals surface area contributed by atoms with E-state index in [0.717, 1.165) is 43.9 Å². The summed E-state index contributed by atoms with van der Waals surface area (Å²) in [6.45, 7) is 0.0220. The number of aliphatic hydroxyl groups is 1. The van der Waals surface area contributed by atoms with Crippen molar-refractivity contribution < 1.29 is 18.3 Å². The number of aliphatic hydroxyl groups excluding tert-OH is 1. The van der Waals surface area contributed by atoms with E-state index in [9.17, 15) is 18.3 Å². The van der Waals surface area contributed by atoms with Gasteiger partial charge in [0.1, 0.15) is 29.3 Å². The molecule has 0 unspecified atom stereocenters. The minimum atomic E-state index is -1.20. The molecule has 0 amide bonds. The highest BCUT2D eigenvalue weighted by molar-refractivity contribution is 7.80. The number of benzene rings is 1. The summed E-state index contributed by atoms with van der Waals surface area (Å²) in [7, 11) is 0. The summed E-state index contributed by atoms with van der Waals surface area (Å²) in [6, 6.07) is 4.41. The van der Waals surface area contributed by atoms with Crippen LogP contribution in [0.5, 0.6) is 0 Å². The van der Waals surface area contributed by atoms with Crippen LogP contribution in [-0.2, 0) is 0 Å². The lowest BCUT2D eigenvalue weighted by molar-refractivity contribution is 0.120. The highest BCUT2D eigenvalue weighted by Crippen LogP contribution is 2.38. The largest absolute Gasteiger partial charge is 0.393 e. The molecule has 11 heteroatoms. The highest BCUT2D eigenvalue weighted by Gasteiger charge is 2.36. The zero-order valence-electron chi connectivity index (χ0n) is 18.3. The number of thiocarbonyl (C=S) groups is 1. The first-order valence-corrected chi connectivity index (χ1v) is 11.7. The molecule has 3 N–H and O–H groups in total. The number of anilines is 2. The number of rotatable bonds is 4. The first-order valence-electron chi connectivity index (χ1n) is 11.3. The van der Waals surface area contributed by atoms with Gasteiger partial charge in [-0.2, -0.15) is 5.10 Å². The summed E-state index contributed by atoms with van der Waals surface area (Å²) >= 11 is 5.45.